The third-order valence-electron chi connectivity index (χ3n) is 1.18. The van der Waals surface area contributed by atoms with Crippen molar-refractivity contribution >= 4 is 6.21 Å². The summed E-state index contributed by atoms with van der Waals surface area (Å²) in [5.41, 5.74) is 0. The van der Waals surface area contributed by atoms with E-state index >= 15 is 0 Å². The summed E-state index contributed by atoms with van der Waals surface area (Å²) in [6.45, 7) is 3.74. The zero-order valence-corrected chi connectivity index (χ0v) is 7.12. The lowest BCUT2D eigenvalue weighted by molar-refractivity contribution is 0.214. The Bertz CT molecular complexity index is 119. The number of allylic oxidation sites excluding steroid dienone is 2. The van der Waals surface area contributed by atoms with Crippen LogP contribution in [0.3, 0.4) is 0 Å². The summed E-state index contributed by atoms with van der Waals surface area (Å²) in [6, 6.07) is 0. The summed E-state index contributed by atoms with van der Waals surface area (Å²) in [6.07, 6.45) is 10.1. The average molecular weight is 154 g/mol. The van der Waals surface area contributed by atoms with Crippen molar-refractivity contribution in [3.8, 4) is 0 Å². The van der Waals surface area contributed by atoms with Gasteiger partial charge >= 0.3 is 0 Å². The molecule has 0 amide bonds. The van der Waals surface area contributed by atoms with Crippen molar-refractivity contribution in [2.45, 2.75) is 25.7 Å². The summed E-state index contributed by atoms with van der Waals surface area (Å²) in [5.74, 6) is 0. The van der Waals surface area contributed by atoms with Gasteiger partial charge in [0.05, 0.1) is 0 Å². The second-order valence-corrected chi connectivity index (χ2v) is 2.16. The van der Waals surface area contributed by atoms with E-state index < -0.39 is 0 Å². The lowest BCUT2D eigenvalue weighted by Crippen LogP contribution is -1.75. The first kappa shape index (κ1) is 10.2. The Morgan fingerprint density at radius 1 is 1.27 bits per heavy atom. The molecule has 0 unspecified atom stereocenters. The second kappa shape index (κ2) is 9.21. The molecule has 0 rings (SSSR count). The maximum absolute atomic E-state index is 4.50. The minimum Gasteiger partial charge on any atom is -0.399 e. The van der Waals surface area contributed by atoms with Crippen molar-refractivity contribution in [1.82, 2.24) is 0 Å². The molecule has 0 saturated carbocycles. The molecule has 0 atom stereocenters. The molecule has 11 heavy (non-hydrogen) atoms. The van der Waals surface area contributed by atoms with Crippen LogP contribution in [0.4, 0.5) is 0 Å². The average Bonchev–Trinajstić information content (AvgIpc) is 2.03. The van der Waals surface area contributed by atoms with E-state index in [-0.39, 0.29) is 0 Å². The summed E-state index contributed by atoms with van der Waals surface area (Å²) >= 11 is 0. The van der Waals surface area contributed by atoms with E-state index in [9.17, 15) is 0 Å². The normalized spacial score (nSPS) is 11.5. The van der Waals surface area contributed by atoms with Crippen molar-refractivity contribution in [1.29, 1.82) is 0 Å². The number of rotatable bonds is 6. The summed E-state index contributed by atoms with van der Waals surface area (Å²) in [7, 11) is 1.55. The monoisotopic (exact) mass is 154 g/mol. The molecule has 2 nitrogen and oxygen atoms in total. The van der Waals surface area contributed by atoms with Crippen molar-refractivity contribution < 1.29 is 4.84 Å². The van der Waals surface area contributed by atoms with Crippen LogP contribution in [-0.2, 0) is 4.84 Å². The number of nitrogens with zero attached hydrogens (tertiary/aromatic N) is 1. The van der Waals surface area contributed by atoms with Crippen molar-refractivity contribution in [3.05, 3.63) is 19.1 Å². The Hall–Kier alpha value is -0.790. The van der Waals surface area contributed by atoms with Gasteiger partial charge in [0.1, 0.15) is 7.11 Å². The maximum atomic E-state index is 4.50. The lowest BCUT2D eigenvalue weighted by Gasteiger charge is -1.86. The summed E-state index contributed by atoms with van der Waals surface area (Å²) in [4.78, 5) is 4.50. The molecule has 2 heteroatoms. The molecule has 0 spiro atoms. The standard InChI is InChI=1S/C9H16NO/c1-3-4-5-6-7-8-9-10-11-2/h5-6,9H,1,3-4,7-8H2,2H3/b6-5+,10-9-. The van der Waals surface area contributed by atoms with E-state index in [1.807, 2.05) is 0 Å². The first-order valence-corrected chi connectivity index (χ1v) is 3.91. The number of hydrogen-bond donors (Lipinski definition) is 0. The Morgan fingerprint density at radius 2 is 2.00 bits per heavy atom. The highest BCUT2D eigenvalue weighted by Gasteiger charge is 1.77. The first-order valence-electron chi connectivity index (χ1n) is 3.91. The minimum absolute atomic E-state index is 0.946. The third-order valence-corrected chi connectivity index (χ3v) is 1.18. The quantitative estimate of drug-likeness (QED) is 0.249. The molecule has 0 N–H and O–H groups in total. The molecule has 0 aromatic rings. The number of oxime groups is 1. The van der Waals surface area contributed by atoms with Gasteiger partial charge in [0.25, 0.3) is 0 Å². The van der Waals surface area contributed by atoms with E-state index in [4.69, 9.17) is 0 Å². The van der Waals surface area contributed by atoms with Gasteiger partial charge in [-0.2, -0.15) is 0 Å². The van der Waals surface area contributed by atoms with Crippen LogP contribution in [0.15, 0.2) is 17.3 Å². The Labute approximate surface area is 68.9 Å². The minimum atomic E-state index is 0.946. The molecule has 0 aromatic heterocycles. The molecule has 0 aliphatic heterocycles. The van der Waals surface area contributed by atoms with Crippen LogP contribution in [-0.4, -0.2) is 13.3 Å². The lowest BCUT2D eigenvalue weighted by atomic mass is 10.2. The van der Waals surface area contributed by atoms with Crippen molar-refractivity contribution in [3.63, 3.8) is 0 Å². The highest BCUT2D eigenvalue weighted by Crippen LogP contribution is 1.92. The van der Waals surface area contributed by atoms with Crippen LogP contribution in [0.5, 0.6) is 0 Å². The summed E-state index contributed by atoms with van der Waals surface area (Å²) < 4.78 is 0. The highest BCUT2D eigenvalue weighted by atomic mass is 16.6. The van der Waals surface area contributed by atoms with Crippen molar-refractivity contribution in [2.24, 2.45) is 5.16 Å². The zero-order chi connectivity index (χ0) is 8.36. The fraction of sp³-hybridized carbons (Fsp3) is 0.556. The Balaban J connectivity index is 3.06. The van der Waals surface area contributed by atoms with Gasteiger partial charge in [-0.3, -0.25) is 0 Å². The Kier molecular flexibility index (Phi) is 8.55. The SMILES string of the molecule is [CH2]CC/C=C/CC/C=N\OC. The van der Waals surface area contributed by atoms with Crippen LogP contribution in [0.1, 0.15) is 25.7 Å². The first-order chi connectivity index (χ1) is 5.41. The van der Waals surface area contributed by atoms with E-state index in [1.54, 1.807) is 13.3 Å². The number of hydrogen-bond acceptors (Lipinski definition) is 2. The molecule has 63 valence electrons. The highest BCUT2D eigenvalue weighted by molar-refractivity contribution is 5.56. The van der Waals surface area contributed by atoms with Gasteiger partial charge in [-0.25, -0.2) is 0 Å². The fourth-order valence-electron chi connectivity index (χ4n) is 0.652. The molecule has 0 saturated heterocycles. The van der Waals surface area contributed by atoms with E-state index in [1.165, 1.54) is 0 Å². The van der Waals surface area contributed by atoms with Gasteiger partial charge in [-0.15, -0.1) is 0 Å². The van der Waals surface area contributed by atoms with Crippen LogP contribution in [0.25, 0.3) is 0 Å². The Morgan fingerprint density at radius 3 is 2.64 bits per heavy atom. The number of unbranched alkanes of at least 4 members (excludes halogenated alkanes) is 2. The molecule has 0 bridgehead atoms. The van der Waals surface area contributed by atoms with Crippen molar-refractivity contribution in [2.75, 3.05) is 7.11 Å². The predicted molar refractivity (Wildman–Crippen MR) is 48.5 cm³/mol. The molecule has 0 aliphatic rings. The van der Waals surface area contributed by atoms with Gasteiger partial charge in [0, 0.05) is 6.21 Å². The van der Waals surface area contributed by atoms with Crippen LogP contribution >= 0.6 is 0 Å². The molecule has 1 radical (unpaired) electrons. The maximum Gasteiger partial charge on any atom is 0.106 e. The topological polar surface area (TPSA) is 21.6 Å². The molecule has 0 aromatic carbocycles. The van der Waals surface area contributed by atoms with Gasteiger partial charge in [0.2, 0.25) is 0 Å². The largest absolute Gasteiger partial charge is 0.399 e. The molecule has 0 aliphatic carbocycles. The predicted octanol–water partition coefficient (Wildman–Crippen LogP) is 2.57. The van der Waals surface area contributed by atoms with Gasteiger partial charge in [-0.1, -0.05) is 24.2 Å². The van der Waals surface area contributed by atoms with Crippen LogP contribution in [0, 0.1) is 6.92 Å². The van der Waals surface area contributed by atoms with Crippen LogP contribution in [0.2, 0.25) is 0 Å². The summed E-state index contributed by atoms with van der Waals surface area (Å²) in [5, 5.41) is 3.62. The van der Waals surface area contributed by atoms with E-state index in [0.29, 0.717) is 0 Å². The molecule has 0 heterocycles. The van der Waals surface area contributed by atoms with Gasteiger partial charge in [0.15, 0.2) is 0 Å². The van der Waals surface area contributed by atoms with Crippen LogP contribution < -0.4 is 0 Å². The third kappa shape index (κ3) is 9.21. The van der Waals surface area contributed by atoms with E-state index in [0.717, 1.165) is 25.7 Å². The fourth-order valence-corrected chi connectivity index (χ4v) is 0.652. The van der Waals surface area contributed by atoms with E-state index in [2.05, 4.69) is 29.1 Å². The smallest absolute Gasteiger partial charge is 0.106 e. The molecule has 0 fully saturated rings. The second-order valence-electron chi connectivity index (χ2n) is 2.16. The molecular formula is C9H16NO. The van der Waals surface area contributed by atoms with Gasteiger partial charge < -0.3 is 4.84 Å². The zero-order valence-electron chi connectivity index (χ0n) is 7.12. The molecular weight excluding hydrogens is 138 g/mol. The van der Waals surface area contributed by atoms with Gasteiger partial charge in [-0.05, 0) is 25.7 Å².